The molecule has 0 bridgehead atoms. The molecule has 1 heterocycles. The van der Waals surface area contributed by atoms with Gasteiger partial charge in [0.05, 0.1) is 0 Å². The minimum atomic E-state index is -1.10. The fraction of sp³-hybridized carbons (Fsp3) is 0.500. The van der Waals surface area contributed by atoms with E-state index in [9.17, 15) is 5.11 Å². The van der Waals surface area contributed by atoms with Gasteiger partial charge in [0.1, 0.15) is 0 Å². The Morgan fingerprint density at radius 2 is 2.14 bits per heavy atom. The molecule has 1 aromatic heterocycles. The van der Waals surface area contributed by atoms with Crippen molar-refractivity contribution in [1.82, 2.24) is 0 Å². The summed E-state index contributed by atoms with van der Waals surface area (Å²) in [6.45, 7) is 6.22. The van der Waals surface area contributed by atoms with Crippen LogP contribution in [0, 0.1) is 17.8 Å². The third-order valence-electron chi connectivity index (χ3n) is 1.95. The second kappa shape index (κ2) is 3.76. The van der Waals surface area contributed by atoms with Gasteiger partial charge in [0.15, 0.2) is 5.60 Å². The molecule has 0 fully saturated rings. The quantitative estimate of drug-likeness (QED) is 0.741. The van der Waals surface area contributed by atoms with E-state index in [4.69, 9.17) is 6.42 Å². The van der Waals surface area contributed by atoms with E-state index in [1.165, 1.54) is 11.3 Å². The molecule has 1 N–H and O–H groups in total. The third kappa shape index (κ3) is 2.60. The number of hydrogen-bond acceptors (Lipinski definition) is 2. The fourth-order valence-electron chi connectivity index (χ4n) is 1.49. The molecule has 0 amide bonds. The molecule has 2 heteroatoms. The summed E-state index contributed by atoms with van der Waals surface area (Å²) in [6, 6.07) is 3.79. The number of thiophene rings is 1. The van der Waals surface area contributed by atoms with Crippen molar-refractivity contribution in [2.45, 2.75) is 32.8 Å². The molecule has 0 aliphatic carbocycles. The second-order valence-corrected chi connectivity index (χ2v) is 5.67. The topological polar surface area (TPSA) is 20.2 Å². The van der Waals surface area contributed by atoms with Gasteiger partial charge in [0.25, 0.3) is 0 Å². The van der Waals surface area contributed by atoms with Crippen LogP contribution in [0.5, 0.6) is 0 Å². The summed E-state index contributed by atoms with van der Waals surface area (Å²) in [6.07, 6.45) is 5.99. The first kappa shape index (κ1) is 11.3. The first-order chi connectivity index (χ1) is 6.37. The summed E-state index contributed by atoms with van der Waals surface area (Å²) >= 11 is 1.50. The minimum Gasteiger partial charge on any atom is -0.372 e. The third-order valence-corrected chi connectivity index (χ3v) is 2.97. The standard InChI is InChI=1S/C12H16OS/c1-5-12(13,9-11(2,3)4)10-7-6-8-14-10/h1,6-8,13H,9H2,2-4H3. The first-order valence-electron chi connectivity index (χ1n) is 4.61. The molecular weight excluding hydrogens is 192 g/mol. The van der Waals surface area contributed by atoms with Gasteiger partial charge in [-0.25, -0.2) is 0 Å². The van der Waals surface area contributed by atoms with Gasteiger partial charge in [0, 0.05) is 4.88 Å². The first-order valence-corrected chi connectivity index (χ1v) is 5.49. The number of terminal acetylenes is 1. The fourth-order valence-corrected chi connectivity index (χ4v) is 2.28. The number of hydrogen-bond donors (Lipinski definition) is 1. The van der Waals surface area contributed by atoms with E-state index in [1.54, 1.807) is 0 Å². The normalized spacial score (nSPS) is 15.9. The van der Waals surface area contributed by atoms with Crippen LogP contribution in [0.1, 0.15) is 32.1 Å². The molecule has 1 atom stereocenters. The Hall–Kier alpha value is -0.780. The van der Waals surface area contributed by atoms with Crippen LogP contribution in [0.4, 0.5) is 0 Å². The average molecular weight is 208 g/mol. The summed E-state index contributed by atoms with van der Waals surface area (Å²) in [7, 11) is 0. The maximum Gasteiger partial charge on any atom is 0.160 e. The summed E-state index contributed by atoms with van der Waals surface area (Å²) in [5.74, 6) is 2.50. The lowest BCUT2D eigenvalue weighted by atomic mass is 9.81. The van der Waals surface area contributed by atoms with Crippen molar-refractivity contribution in [3.63, 3.8) is 0 Å². The van der Waals surface area contributed by atoms with Gasteiger partial charge < -0.3 is 5.11 Å². The van der Waals surface area contributed by atoms with E-state index in [2.05, 4.69) is 26.7 Å². The molecular formula is C12H16OS. The van der Waals surface area contributed by atoms with Crippen molar-refractivity contribution in [3.05, 3.63) is 22.4 Å². The van der Waals surface area contributed by atoms with E-state index in [0.717, 1.165) is 4.88 Å². The zero-order valence-corrected chi connectivity index (χ0v) is 9.69. The molecule has 0 spiro atoms. The molecule has 0 aromatic carbocycles. The van der Waals surface area contributed by atoms with E-state index >= 15 is 0 Å². The summed E-state index contributed by atoms with van der Waals surface area (Å²) in [5, 5.41) is 12.2. The van der Waals surface area contributed by atoms with Crippen LogP contribution in [0.15, 0.2) is 17.5 Å². The molecule has 76 valence electrons. The van der Waals surface area contributed by atoms with Crippen LogP contribution in [0.2, 0.25) is 0 Å². The molecule has 1 rings (SSSR count). The number of rotatable bonds is 2. The van der Waals surface area contributed by atoms with E-state index < -0.39 is 5.60 Å². The van der Waals surface area contributed by atoms with Gasteiger partial charge in [0.2, 0.25) is 0 Å². The van der Waals surface area contributed by atoms with Gasteiger partial charge >= 0.3 is 0 Å². The molecule has 14 heavy (non-hydrogen) atoms. The highest BCUT2D eigenvalue weighted by Gasteiger charge is 2.32. The highest BCUT2D eigenvalue weighted by molar-refractivity contribution is 7.10. The van der Waals surface area contributed by atoms with Crippen molar-refractivity contribution < 1.29 is 5.11 Å². The van der Waals surface area contributed by atoms with Gasteiger partial charge in [-0.1, -0.05) is 32.8 Å². The molecule has 0 saturated heterocycles. The molecule has 1 aromatic rings. The van der Waals surface area contributed by atoms with Crippen LogP contribution >= 0.6 is 11.3 Å². The maximum atomic E-state index is 10.3. The lowest BCUT2D eigenvalue weighted by Gasteiger charge is -2.29. The predicted octanol–water partition coefficient (Wildman–Crippen LogP) is 3.01. The Bertz CT molecular complexity index is 326. The molecule has 0 radical (unpaired) electrons. The molecule has 0 saturated carbocycles. The lowest BCUT2D eigenvalue weighted by molar-refractivity contribution is 0.0568. The monoisotopic (exact) mass is 208 g/mol. The number of aliphatic hydroxyl groups is 1. The molecule has 1 nitrogen and oxygen atoms in total. The zero-order chi connectivity index (χ0) is 10.8. The van der Waals surface area contributed by atoms with Gasteiger partial charge in [-0.3, -0.25) is 0 Å². The Balaban J connectivity index is 2.95. The van der Waals surface area contributed by atoms with Gasteiger partial charge in [-0.15, -0.1) is 17.8 Å². The van der Waals surface area contributed by atoms with E-state index in [1.807, 2.05) is 17.5 Å². The summed E-state index contributed by atoms with van der Waals surface area (Å²) in [5.41, 5.74) is -1.09. The van der Waals surface area contributed by atoms with Crippen LogP contribution in [0.3, 0.4) is 0 Å². The van der Waals surface area contributed by atoms with Gasteiger partial charge in [-0.05, 0) is 23.3 Å². The smallest absolute Gasteiger partial charge is 0.160 e. The van der Waals surface area contributed by atoms with Crippen molar-refractivity contribution in [3.8, 4) is 12.3 Å². The lowest BCUT2D eigenvalue weighted by Crippen LogP contribution is -2.28. The maximum absolute atomic E-state index is 10.3. The zero-order valence-electron chi connectivity index (χ0n) is 8.87. The Kier molecular flexibility index (Phi) is 3.04. The van der Waals surface area contributed by atoms with Crippen LogP contribution in [-0.4, -0.2) is 5.11 Å². The van der Waals surface area contributed by atoms with Crippen LogP contribution < -0.4 is 0 Å². The Morgan fingerprint density at radius 1 is 1.50 bits per heavy atom. The molecule has 1 unspecified atom stereocenters. The van der Waals surface area contributed by atoms with Crippen molar-refractivity contribution >= 4 is 11.3 Å². The van der Waals surface area contributed by atoms with Crippen molar-refractivity contribution in [2.75, 3.05) is 0 Å². The van der Waals surface area contributed by atoms with Crippen molar-refractivity contribution in [1.29, 1.82) is 0 Å². The SMILES string of the molecule is C#CC(O)(CC(C)(C)C)c1cccs1. The largest absolute Gasteiger partial charge is 0.372 e. The van der Waals surface area contributed by atoms with Crippen LogP contribution in [0.25, 0.3) is 0 Å². The second-order valence-electron chi connectivity index (χ2n) is 4.72. The molecule has 0 aliphatic heterocycles. The van der Waals surface area contributed by atoms with E-state index in [0.29, 0.717) is 6.42 Å². The van der Waals surface area contributed by atoms with E-state index in [-0.39, 0.29) is 5.41 Å². The van der Waals surface area contributed by atoms with Gasteiger partial charge in [-0.2, -0.15) is 0 Å². The summed E-state index contributed by atoms with van der Waals surface area (Å²) < 4.78 is 0. The molecule has 0 aliphatic rings. The van der Waals surface area contributed by atoms with Crippen molar-refractivity contribution in [2.24, 2.45) is 5.41 Å². The summed E-state index contributed by atoms with van der Waals surface area (Å²) in [4.78, 5) is 0.856. The minimum absolute atomic E-state index is 0.0190. The average Bonchev–Trinajstić information content (AvgIpc) is 2.53. The highest BCUT2D eigenvalue weighted by atomic mass is 32.1. The highest BCUT2D eigenvalue weighted by Crippen LogP contribution is 2.36. The Labute approximate surface area is 89.8 Å². The van der Waals surface area contributed by atoms with Crippen LogP contribution in [-0.2, 0) is 5.60 Å². The predicted molar refractivity (Wildman–Crippen MR) is 61.1 cm³/mol. The Morgan fingerprint density at radius 3 is 2.50 bits per heavy atom.